The third-order valence-electron chi connectivity index (χ3n) is 5.70. The predicted octanol–water partition coefficient (Wildman–Crippen LogP) is 5.44. The Morgan fingerprint density at radius 2 is 1.03 bits per heavy atom. The van der Waals surface area contributed by atoms with Gasteiger partial charge in [0.2, 0.25) is 8.38 Å². The molecule has 2 N–H and O–H groups in total. The predicted molar refractivity (Wildman–Crippen MR) is 148 cm³/mol. The van der Waals surface area contributed by atoms with Crippen LogP contribution in [-0.2, 0) is 43.1 Å². The molecule has 0 saturated carbocycles. The van der Waals surface area contributed by atoms with Crippen molar-refractivity contribution in [1.82, 2.24) is 0 Å². The first kappa shape index (κ1) is 30.4. The molecule has 0 aromatic heterocycles. The van der Waals surface area contributed by atoms with Crippen molar-refractivity contribution < 1.29 is 33.5 Å². The summed E-state index contributed by atoms with van der Waals surface area (Å²) < 4.78 is 29.9. The van der Waals surface area contributed by atoms with Gasteiger partial charge in [0, 0.05) is 0 Å². The summed E-state index contributed by atoms with van der Waals surface area (Å²) in [6.07, 6.45) is -2.95. The van der Waals surface area contributed by atoms with Crippen LogP contribution in [0.1, 0.15) is 30.5 Å². The van der Waals surface area contributed by atoms with Gasteiger partial charge in [-0.25, -0.2) is 0 Å². The van der Waals surface area contributed by atoms with Crippen molar-refractivity contribution in [2.24, 2.45) is 0 Å². The van der Waals surface area contributed by atoms with Crippen molar-refractivity contribution in [2.75, 3.05) is 19.8 Å². The Labute approximate surface area is 227 Å². The molecule has 3 aromatic rings. The van der Waals surface area contributed by atoms with E-state index < -0.39 is 32.5 Å². The lowest BCUT2D eigenvalue weighted by atomic mass is 10.1. The Morgan fingerprint density at radius 1 is 0.605 bits per heavy atom. The van der Waals surface area contributed by atoms with E-state index in [4.69, 9.17) is 23.3 Å². The Hall–Kier alpha value is -2.19. The lowest BCUT2D eigenvalue weighted by Crippen LogP contribution is -2.49. The minimum atomic E-state index is -1.71. The highest BCUT2D eigenvalue weighted by Gasteiger charge is 2.41. The van der Waals surface area contributed by atoms with Crippen molar-refractivity contribution in [2.45, 2.75) is 57.8 Å². The molecule has 0 aliphatic rings. The molecule has 0 bridgehead atoms. The van der Waals surface area contributed by atoms with E-state index in [-0.39, 0.29) is 19.8 Å². The SMILES string of the molecule is CCOP(OCC)[C@@H](O)[C@@H](OCc1ccccc1)[C@H](OCc1ccccc1)[C@H](O)COCc1ccccc1. The first-order valence-corrected chi connectivity index (χ1v) is 14.2. The van der Waals surface area contributed by atoms with Crippen LogP contribution in [0.15, 0.2) is 91.0 Å². The molecular formula is C30H39O7P. The maximum absolute atomic E-state index is 11.5. The smallest absolute Gasteiger partial charge is 0.204 e. The topological polar surface area (TPSA) is 86.6 Å². The zero-order chi connectivity index (χ0) is 27.0. The molecule has 0 radical (unpaired) electrons. The molecule has 206 valence electrons. The van der Waals surface area contributed by atoms with Crippen LogP contribution < -0.4 is 0 Å². The summed E-state index contributed by atoms with van der Waals surface area (Å²) in [5.74, 6) is -1.17. The maximum atomic E-state index is 11.5. The zero-order valence-corrected chi connectivity index (χ0v) is 23.0. The second-order valence-electron chi connectivity index (χ2n) is 8.63. The van der Waals surface area contributed by atoms with E-state index >= 15 is 0 Å². The third-order valence-corrected chi connectivity index (χ3v) is 7.45. The van der Waals surface area contributed by atoms with Crippen LogP contribution in [0, 0.1) is 0 Å². The van der Waals surface area contributed by atoms with Crippen LogP contribution in [0.25, 0.3) is 0 Å². The van der Waals surface area contributed by atoms with Crippen LogP contribution in [0.4, 0.5) is 0 Å². The highest BCUT2D eigenvalue weighted by atomic mass is 31.2. The number of aliphatic hydroxyl groups excluding tert-OH is 2. The van der Waals surface area contributed by atoms with Crippen molar-refractivity contribution in [1.29, 1.82) is 0 Å². The summed E-state index contributed by atoms with van der Waals surface area (Å²) in [6, 6.07) is 29.1. The fourth-order valence-electron chi connectivity index (χ4n) is 3.84. The number of ether oxygens (including phenoxy) is 3. The number of rotatable bonds is 18. The molecule has 0 unspecified atom stereocenters. The van der Waals surface area contributed by atoms with E-state index in [1.165, 1.54) is 0 Å². The molecule has 0 spiro atoms. The van der Waals surface area contributed by atoms with Crippen LogP contribution >= 0.6 is 8.38 Å². The minimum Gasteiger partial charge on any atom is -0.388 e. The monoisotopic (exact) mass is 542 g/mol. The number of aliphatic hydroxyl groups is 2. The van der Waals surface area contributed by atoms with Gasteiger partial charge < -0.3 is 33.5 Å². The number of hydrogen-bond donors (Lipinski definition) is 2. The van der Waals surface area contributed by atoms with E-state index in [1.807, 2.05) is 105 Å². The molecule has 8 heteroatoms. The summed E-state index contributed by atoms with van der Waals surface area (Å²) >= 11 is 0. The normalized spacial score (nSPS) is 14.8. The molecule has 0 amide bonds. The van der Waals surface area contributed by atoms with Crippen LogP contribution in [0.5, 0.6) is 0 Å². The second kappa shape index (κ2) is 17.4. The quantitative estimate of drug-likeness (QED) is 0.207. The maximum Gasteiger partial charge on any atom is 0.204 e. The molecule has 0 heterocycles. The van der Waals surface area contributed by atoms with Gasteiger partial charge in [-0.2, -0.15) is 0 Å². The summed E-state index contributed by atoms with van der Waals surface area (Å²) in [5, 5.41) is 22.8. The average molecular weight is 543 g/mol. The largest absolute Gasteiger partial charge is 0.388 e. The van der Waals surface area contributed by atoms with Crippen LogP contribution in [0.3, 0.4) is 0 Å². The summed E-state index contributed by atoms with van der Waals surface area (Å²) in [6.45, 7) is 5.19. The fraction of sp³-hybridized carbons (Fsp3) is 0.400. The van der Waals surface area contributed by atoms with Gasteiger partial charge in [0.15, 0.2) is 5.85 Å². The Morgan fingerprint density at radius 3 is 1.47 bits per heavy atom. The molecule has 0 aliphatic heterocycles. The Balaban J connectivity index is 1.81. The molecule has 38 heavy (non-hydrogen) atoms. The molecule has 3 rings (SSSR count). The minimum absolute atomic E-state index is 0.00648. The Bertz CT molecular complexity index is 987. The lowest BCUT2D eigenvalue weighted by molar-refractivity contribution is -0.165. The van der Waals surface area contributed by atoms with Crippen LogP contribution in [0.2, 0.25) is 0 Å². The van der Waals surface area contributed by atoms with Crippen molar-refractivity contribution >= 4 is 8.38 Å². The van der Waals surface area contributed by atoms with Crippen molar-refractivity contribution in [3.8, 4) is 0 Å². The van der Waals surface area contributed by atoms with E-state index in [0.717, 1.165) is 16.7 Å². The first-order chi connectivity index (χ1) is 18.6. The van der Waals surface area contributed by atoms with Gasteiger partial charge in [-0.3, -0.25) is 0 Å². The third kappa shape index (κ3) is 10.2. The van der Waals surface area contributed by atoms with E-state index in [9.17, 15) is 10.2 Å². The molecule has 4 atom stereocenters. The van der Waals surface area contributed by atoms with Gasteiger partial charge >= 0.3 is 0 Å². The van der Waals surface area contributed by atoms with Crippen LogP contribution in [-0.4, -0.2) is 54.2 Å². The van der Waals surface area contributed by atoms with E-state index in [2.05, 4.69) is 0 Å². The molecule has 3 aromatic carbocycles. The van der Waals surface area contributed by atoms with E-state index in [1.54, 1.807) is 0 Å². The van der Waals surface area contributed by atoms with Gasteiger partial charge in [-0.05, 0) is 30.5 Å². The highest BCUT2D eigenvalue weighted by Crippen LogP contribution is 2.45. The zero-order valence-electron chi connectivity index (χ0n) is 22.1. The van der Waals surface area contributed by atoms with Gasteiger partial charge in [-0.1, -0.05) is 91.0 Å². The fourth-order valence-corrected chi connectivity index (χ4v) is 5.22. The summed E-state index contributed by atoms with van der Waals surface area (Å²) in [5.41, 5.74) is 2.86. The summed E-state index contributed by atoms with van der Waals surface area (Å²) in [7, 11) is -1.71. The van der Waals surface area contributed by atoms with Gasteiger partial charge in [-0.15, -0.1) is 0 Å². The standard InChI is InChI=1S/C30H39O7P/c1-3-36-38(37-4-2)30(32)29(35-22-26-18-12-7-13-19-26)28(34-21-25-16-10-6-11-17-25)27(31)23-33-20-24-14-8-5-9-15-24/h5-19,27-32H,3-4,20-23H2,1-2H3/t27-,28-,29+,30-/m1/s1. The number of hydrogen-bond acceptors (Lipinski definition) is 7. The average Bonchev–Trinajstić information content (AvgIpc) is 2.96. The van der Waals surface area contributed by atoms with Gasteiger partial charge in [0.25, 0.3) is 0 Å². The lowest BCUT2D eigenvalue weighted by Gasteiger charge is -2.36. The van der Waals surface area contributed by atoms with Gasteiger partial charge in [0.1, 0.15) is 18.3 Å². The molecule has 0 saturated heterocycles. The van der Waals surface area contributed by atoms with Crippen molar-refractivity contribution in [3.05, 3.63) is 108 Å². The second-order valence-corrected chi connectivity index (χ2v) is 10.2. The molecule has 0 aliphatic carbocycles. The molecule has 7 nitrogen and oxygen atoms in total. The van der Waals surface area contributed by atoms with Crippen molar-refractivity contribution in [3.63, 3.8) is 0 Å². The summed E-state index contributed by atoms with van der Waals surface area (Å²) in [4.78, 5) is 0. The highest BCUT2D eigenvalue weighted by molar-refractivity contribution is 7.47. The Kier molecular flexibility index (Phi) is 13.9. The molecular weight excluding hydrogens is 503 g/mol. The van der Waals surface area contributed by atoms with Gasteiger partial charge in [0.05, 0.1) is 39.6 Å². The van der Waals surface area contributed by atoms with E-state index in [0.29, 0.717) is 19.8 Å². The number of benzene rings is 3. The molecule has 0 fully saturated rings. The first-order valence-electron chi connectivity index (χ1n) is 13.0.